The minimum absolute atomic E-state index is 0.0596. The lowest BCUT2D eigenvalue weighted by molar-refractivity contribution is -0.384. The SMILES string of the molecule is Cn1cncc1C(N[S+]([O-])C(C)(C)C)(c1ccc(C#N)cc1)c1cc2cc([N+](=O)[O-])ccc2o1. The van der Waals surface area contributed by atoms with Crippen LogP contribution in [0.3, 0.4) is 0 Å². The summed E-state index contributed by atoms with van der Waals surface area (Å²) >= 11 is -1.57. The van der Waals surface area contributed by atoms with Crippen LogP contribution in [-0.2, 0) is 23.9 Å². The smallest absolute Gasteiger partial charge is 0.270 e. The van der Waals surface area contributed by atoms with E-state index in [1.54, 1.807) is 53.5 Å². The van der Waals surface area contributed by atoms with Crippen LogP contribution in [0.1, 0.15) is 43.4 Å². The Kier molecular flexibility index (Phi) is 5.95. The summed E-state index contributed by atoms with van der Waals surface area (Å²) in [7, 11) is 1.82. The molecule has 9 nitrogen and oxygen atoms in total. The van der Waals surface area contributed by atoms with Gasteiger partial charge in [0, 0.05) is 35.9 Å². The zero-order valence-corrected chi connectivity index (χ0v) is 19.9. The van der Waals surface area contributed by atoms with Gasteiger partial charge in [0.2, 0.25) is 0 Å². The standard InChI is InChI=1S/C24H23N5O4S/c1-23(2,3)34(32)27-24(21-14-26-15-28(21)4,18-7-5-16(13-25)6-8-18)22-12-17-11-19(29(30)31)9-10-20(17)33-22/h5-12,14-15,27H,1-4H3. The summed E-state index contributed by atoms with van der Waals surface area (Å²) in [6.07, 6.45) is 3.28. The minimum atomic E-state index is -1.57. The molecule has 34 heavy (non-hydrogen) atoms. The quantitative estimate of drug-likeness (QED) is 0.249. The highest BCUT2D eigenvalue weighted by molar-refractivity contribution is 7.90. The number of furan rings is 1. The number of aromatic nitrogens is 2. The number of benzene rings is 2. The number of aryl methyl sites for hydroxylation is 1. The first-order chi connectivity index (χ1) is 16.1. The van der Waals surface area contributed by atoms with Crippen LogP contribution in [0.2, 0.25) is 0 Å². The van der Waals surface area contributed by atoms with E-state index in [0.717, 1.165) is 0 Å². The summed E-state index contributed by atoms with van der Waals surface area (Å²) in [5, 5.41) is 21.1. The van der Waals surface area contributed by atoms with Crippen molar-refractivity contribution < 1.29 is 13.9 Å². The molecule has 0 aliphatic carbocycles. The van der Waals surface area contributed by atoms with Crippen LogP contribution >= 0.6 is 0 Å². The fourth-order valence-corrected chi connectivity index (χ4v) is 4.62. The summed E-state index contributed by atoms with van der Waals surface area (Å²) in [4.78, 5) is 15.1. The van der Waals surface area contributed by atoms with E-state index in [-0.39, 0.29) is 5.69 Å². The maximum atomic E-state index is 13.5. The second-order valence-corrected chi connectivity index (χ2v) is 10.9. The highest BCUT2D eigenvalue weighted by Crippen LogP contribution is 2.41. The molecule has 0 spiro atoms. The van der Waals surface area contributed by atoms with Crippen molar-refractivity contribution in [2.45, 2.75) is 31.1 Å². The largest absolute Gasteiger partial charge is 0.598 e. The highest BCUT2D eigenvalue weighted by atomic mass is 32.2. The fourth-order valence-electron chi connectivity index (χ4n) is 3.71. The Bertz CT molecular complexity index is 1400. The van der Waals surface area contributed by atoms with Gasteiger partial charge in [-0.25, -0.2) is 4.98 Å². The number of nitriles is 1. The molecule has 0 amide bonds. The van der Waals surface area contributed by atoms with Gasteiger partial charge in [0.15, 0.2) is 5.54 Å². The molecule has 174 valence electrons. The van der Waals surface area contributed by atoms with Gasteiger partial charge in [-0.05, 0) is 50.6 Å². The van der Waals surface area contributed by atoms with E-state index in [1.165, 1.54) is 12.1 Å². The van der Waals surface area contributed by atoms with E-state index >= 15 is 0 Å². The Morgan fingerprint density at radius 1 is 1.18 bits per heavy atom. The van der Waals surface area contributed by atoms with Gasteiger partial charge >= 0.3 is 0 Å². The predicted molar refractivity (Wildman–Crippen MR) is 128 cm³/mol. The van der Waals surface area contributed by atoms with Gasteiger partial charge < -0.3 is 13.5 Å². The lowest BCUT2D eigenvalue weighted by Crippen LogP contribution is -2.53. The predicted octanol–water partition coefficient (Wildman–Crippen LogP) is 4.29. The molecule has 2 atom stereocenters. The average molecular weight is 478 g/mol. The van der Waals surface area contributed by atoms with Crippen LogP contribution in [0.25, 0.3) is 11.0 Å². The normalized spacial score (nSPS) is 14.5. The van der Waals surface area contributed by atoms with E-state index in [2.05, 4.69) is 15.8 Å². The number of rotatable bonds is 6. The molecule has 0 saturated carbocycles. The van der Waals surface area contributed by atoms with Gasteiger partial charge in [0.05, 0.1) is 34.8 Å². The molecule has 1 N–H and O–H groups in total. The third kappa shape index (κ3) is 4.05. The maximum absolute atomic E-state index is 13.5. The van der Waals surface area contributed by atoms with Crippen LogP contribution < -0.4 is 4.72 Å². The Morgan fingerprint density at radius 2 is 1.88 bits per heavy atom. The molecule has 0 fully saturated rings. The molecule has 0 aliphatic heterocycles. The van der Waals surface area contributed by atoms with Gasteiger partial charge in [-0.2, -0.15) is 5.26 Å². The van der Waals surface area contributed by atoms with Crippen LogP contribution in [-0.4, -0.2) is 23.8 Å². The minimum Gasteiger partial charge on any atom is -0.598 e. The summed E-state index contributed by atoms with van der Waals surface area (Å²) in [5.74, 6) is 0.383. The summed E-state index contributed by atoms with van der Waals surface area (Å²) in [6.45, 7) is 5.56. The Balaban J connectivity index is 2.05. The van der Waals surface area contributed by atoms with Crippen molar-refractivity contribution >= 4 is 28.0 Å². The number of nitrogens with one attached hydrogen (secondary N) is 1. The van der Waals surface area contributed by atoms with Crippen LogP contribution in [0.15, 0.2) is 65.5 Å². The van der Waals surface area contributed by atoms with Crippen molar-refractivity contribution in [3.05, 3.63) is 93.8 Å². The molecular weight excluding hydrogens is 454 g/mol. The number of imidazole rings is 1. The lowest BCUT2D eigenvalue weighted by Gasteiger charge is -2.36. The van der Waals surface area contributed by atoms with Crippen molar-refractivity contribution in [1.29, 1.82) is 5.26 Å². The number of fused-ring (bicyclic) bond motifs is 1. The summed E-state index contributed by atoms with van der Waals surface area (Å²) in [5.41, 5.74) is 0.898. The monoisotopic (exact) mass is 477 g/mol. The van der Waals surface area contributed by atoms with E-state index in [0.29, 0.717) is 33.6 Å². The second-order valence-electron chi connectivity index (χ2n) is 8.90. The number of hydrogen-bond donors (Lipinski definition) is 1. The molecular formula is C24H23N5O4S. The topological polar surface area (TPSA) is 133 Å². The van der Waals surface area contributed by atoms with E-state index < -0.39 is 26.6 Å². The van der Waals surface area contributed by atoms with Crippen LogP contribution in [0.5, 0.6) is 0 Å². The Morgan fingerprint density at radius 3 is 2.44 bits per heavy atom. The van der Waals surface area contributed by atoms with Crippen molar-refractivity contribution in [2.75, 3.05) is 0 Å². The van der Waals surface area contributed by atoms with Crippen molar-refractivity contribution in [3.8, 4) is 6.07 Å². The molecule has 4 rings (SSSR count). The van der Waals surface area contributed by atoms with Gasteiger partial charge in [-0.1, -0.05) is 12.1 Å². The molecule has 0 bridgehead atoms. The van der Waals surface area contributed by atoms with E-state index in [9.17, 15) is 19.9 Å². The first-order valence-corrected chi connectivity index (χ1v) is 11.6. The Hall–Kier alpha value is -3.65. The number of non-ortho nitro benzene ring substituents is 1. The first-order valence-electron chi connectivity index (χ1n) is 10.4. The summed E-state index contributed by atoms with van der Waals surface area (Å²) in [6, 6.07) is 15.1. The van der Waals surface area contributed by atoms with Gasteiger partial charge in [0.1, 0.15) is 16.1 Å². The van der Waals surface area contributed by atoms with Crippen LogP contribution in [0.4, 0.5) is 5.69 Å². The number of nitro groups is 1. The maximum Gasteiger partial charge on any atom is 0.270 e. The molecule has 2 heterocycles. The zero-order chi connectivity index (χ0) is 24.7. The van der Waals surface area contributed by atoms with E-state index in [4.69, 9.17) is 4.42 Å². The third-order valence-corrected chi connectivity index (χ3v) is 7.13. The second kappa shape index (κ2) is 8.61. The molecule has 0 aliphatic rings. The third-order valence-electron chi connectivity index (χ3n) is 5.53. The molecule has 4 aromatic rings. The van der Waals surface area contributed by atoms with Gasteiger partial charge in [-0.3, -0.25) is 10.1 Å². The molecule has 2 aromatic heterocycles. The average Bonchev–Trinajstić information content (AvgIpc) is 3.42. The molecule has 0 saturated heterocycles. The first kappa shape index (κ1) is 23.5. The van der Waals surface area contributed by atoms with Crippen LogP contribution in [0, 0.1) is 21.4 Å². The van der Waals surface area contributed by atoms with Gasteiger partial charge in [-0.15, -0.1) is 4.72 Å². The lowest BCUT2D eigenvalue weighted by atomic mass is 9.84. The Labute approximate surface area is 199 Å². The van der Waals surface area contributed by atoms with Crippen molar-refractivity contribution in [1.82, 2.24) is 14.3 Å². The molecule has 2 unspecified atom stereocenters. The number of nitro benzene ring substituents is 1. The molecule has 0 radical (unpaired) electrons. The van der Waals surface area contributed by atoms with Crippen molar-refractivity contribution in [2.24, 2.45) is 7.05 Å². The molecule has 2 aromatic carbocycles. The summed E-state index contributed by atoms with van der Waals surface area (Å²) < 4.78 is 24.2. The number of hydrogen-bond acceptors (Lipinski definition) is 7. The van der Waals surface area contributed by atoms with Gasteiger partial charge in [0.25, 0.3) is 5.69 Å². The molecule has 10 heteroatoms. The highest BCUT2D eigenvalue weighted by Gasteiger charge is 2.48. The fraction of sp³-hybridized carbons (Fsp3) is 0.250. The van der Waals surface area contributed by atoms with Crippen molar-refractivity contribution in [3.63, 3.8) is 0 Å². The number of nitrogens with zero attached hydrogens (tertiary/aromatic N) is 4. The zero-order valence-electron chi connectivity index (χ0n) is 19.1. The van der Waals surface area contributed by atoms with E-state index in [1.807, 2.05) is 27.8 Å².